The smallest absolute Gasteiger partial charge is 0.268 e. The number of halogens is 1. The standard InChI is InChI=1S/C10H18ClN3OS/c1-8(2)14-9(15)12-13-10(14)16-7-5-3-4-6-11/h8H,3-7H2,1-2H3,(H,12,15). The van der Waals surface area contributed by atoms with Gasteiger partial charge in [-0.05, 0) is 26.7 Å². The van der Waals surface area contributed by atoms with Crippen molar-refractivity contribution in [1.82, 2.24) is 14.8 Å². The second-order valence-electron chi connectivity index (χ2n) is 3.87. The summed E-state index contributed by atoms with van der Waals surface area (Å²) in [6.45, 7) is 3.96. The lowest BCUT2D eigenvalue weighted by atomic mass is 10.3. The topological polar surface area (TPSA) is 50.7 Å². The van der Waals surface area contributed by atoms with Crippen molar-refractivity contribution in [3.8, 4) is 0 Å². The molecule has 0 saturated heterocycles. The Balaban J connectivity index is 2.45. The molecule has 6 heteroatoms. The van der Waals surface area contributed by atoms with Crippen LogP contribution in [0.2, 0.25) is 0 Å². The first kappa shape index (κ1) is 13.6. The summed E-state index contributed by atoms with van der Waals surface area (Å²) in [6.07, 6.45) is 3.29. The first-order valence-corrected chi connectivity index (χ1v) is 7.04. The maximum atomic E-state index is 11.4. The quantitative estimate of drug-likeness (QED) is 0.467. The van der Waals surface area contributed by atoms with Gasteiger partial charge in [-0.25, -0.2) is 9.89 Å². The van der Waals surface area contributed by atoms with Crippen molar-refractivity contribution in [2.24, 2.45) is 0 Å². The van der Waals surface area contributed by atoms with E-state index in [9.17, 15) is 4.79 Å². The fraction of sp³-hybridized carbons (Fsp3) is 0.800. The lowest BCUT2D eigenvalue weighted by Crippen LogP contribution is -2.19. The molecule has 1 aromatic heterocycles. The summed E-state index contributed by atoms with van der Waals surface area (Å²) in [6, 6.07) is 0.150. The Morgan fingerprint density at radius 3 is 2.81 bits per heavy atom. The molecule has 0 aliphatic carbocycles. The summed E-state index contributed by atoms with van der Waals surface area (Å²) in [5.41, 5.74) is -0.127. The average Bonchev–Trinajstić information content (AvgIpc) is 2.59. The molecule has 0 aliphatic rings. The molecule has 0 aromatic carbocycles. The molecule has 0 unspecified atom stereocenters. The third kappa shape index (κ3) is 3.87. The highest BCUT2D eigenvalue weighted by atomic mass is 35.5. The summed E-state index contributed by atoms with van der Waals surface area (Å²) < 4.78 is 1.69. The van der Waals surface area contributed by atoms with Crippen LogP contribution >= 0.6 is 23.4 Å². The molecular formula is C10H18ClN3OS. The van der Waals surface area contributed by atoms with E-state index >= 15 is 0 Å². The predicted molar refractivity (Wildman–Crippen MR) is 68.5 cm³/mol. The lowest BCUT2D eigenvalue weighted by Gasteiger charge is -2.07. The molecule has 0 atom stereocenters. The lowest BCUT2D eigenvalue weighted by molar-refractivity contribution is 0.534. The van der Waals surface area contributed by atoms with Crippen LogP contribution in [0, 0.1) is 0 Å². The van der Waals surface area contributed by atoms with Gasteiger partial charge < -0.3 is 0 Å². The summed E-state index contributed by atoms with van der Waals surface area (Å²) in [5, 5.41) is 7.29. The monoisotopic (exact) mass is 263 g/mol. The van der Waals surface area contributed by atoms with Crippen LogP contribution in [0.5, 0.6) is 0 Å². The van der Waals surface area contributed by atoms with Gasteiger partial charge in [0, 0.05) is 17.7 Å². The minimum absolute atomic E-state index is 0.127. The molecule has 0 fully saturated rings. The fourth-order valence-corrected chi connectivity index (χ4v) is 2.65. The Morgan fingerprint density at radius 2 is 2.19 bits per heavy atom. The van der Waals surface area contributed by atoms with Gasteiger partial charge in [0.15, 0.2) is 5.16 Å². The number of hydrogen-bond acceptors (Lipinski definition) is 3. The number of aromatic amines is 1. The largest absolute Gasteiger partial charge is 0.344 e. The molecule has 1 N–H and O–H groups in total. The van der Waals surface area contributed by atoms with Crippen molar-refractivity contribution in [3.63, 3.8) is 0 Å². The molecule has 0 bridgehead atoms. The van der Waals surface area contributed by atoms with Crippen LogP contribution in [-0.2, 0) is 0 Å². The fourth-order valence-electron chi connectivity index (χ4n) is 1.38. The summed E-state index contributed by atoms with van der Waals surface area (Å²) >= 11 is 7.22. The predicted octanol–water partition coefficient (Wildman–Crippen LogP) is 2.65. The Bertz CT molecular complexity index is 361. The van der Waals surface area contributed by atoms with Crippen molar-refractivity contribution >= 4 is 23.4 Å². The molecule has 92 valence electrons. The van der Waals surface area contributed by atoms with Crippen LogP contribution in [0.3, 0.4) is 0 Å². The van der Waals surface area contributed by atoms with Gasteiger partial charge in [-0.15, -0.1) is 16.7 Å². The molecule has 4 nitrogen and oxygen atoms in total. The van der Waals surface area contributed by atoms with E-state index in [0.717, 1.165) is 36.1 Å². The maximum absolute atomic E-state index is 11.4. The van der Waals surface area contributed by atoms with Gasteiger partial charge in [-0.1, -0.05) is 18.2 Å². The van der Waals surface area contributed by atoms with Crippen molar-refractivity contribution in [2.45, 2.75) is 44.3 Å². The Kier molecular flexibility index (Phi) is 5.98. The van der Waals surface area contributed by atoms with E-state index in [4.69, 9.17) is 11.6 Å². The van der Waals surface area contributed by atoms with Crippen LogP contribution in [0.1, 0.15) is 39.2 Å². The van der Waals surface area contributed by atoms with Gasteiger partial charge in [-0.2, -0.15) is 0 Å². The van der Waals surface area contributed by atoms with Crippen LogP contribution in [0.4, 0.5) is 0 Å². The Labute approximate surface area is 105 Å². The number of alkyl halides is 1. The number of thioether (sulfide) groups is 1. The Morgan fingerprint density at radius 1 is 1.44 bits per heavy atom. The van der Waals surface area contributed by atoms with E-state index in [1.807, 2.05) is 13.8 Å². The van der Waals surface area contributed by atoms with E-state index in [-0.39, 0.29) is 11.7 Å². The van der Waals surface area contributed by atoms with E-state index < -0.39 is 0 Å². The number of hydrogen-bond donors (Lipinski definition) is 1. The van der Waals surface area contributed by atoms with Crippen molar-refractivity contribution in [3.05, 3.63) is 10.5 Å². The third-order valence-electron chi connectivity index (χ3n) is 2.20. The molecule has 1 heterocycles. The van der Waals surface area contributed by atoms with Crippen LogP contribution < -0.4 is 5.69 Å². The van der Waals surface area contributed by atoms with Gasteiger partial charge in [0.05, 0.1) is 0 Å². The third-order valence-corrected chi connectivity index (χ3v) is 3.50. The molecule has 1 aromatic rings. The van der Waals surface area contributed by atoms with Crippen LogP contribution in [0.15, 0.2) is 9.95 Å². The zero-order valence-electron chi connectivity index (χ0n) is 9.70. The van der Waals surface area contributed by atoms with Gasteiger partial charge in [0.2, 0.25) is 0 Å². The molecule has 0 aliphatic heterocycles. The van der Waals surface area contributed by atoms with Gasteiger partial charge >= 0.3 is 5.69 Å². The number of aromatic nitrogens is 3. The number of rotatable bonds is 7. The molecule has 0 radical (unpaired) electrons. The molecule has 16 heavy (non-hydrogen) atoms. The highest BCUT2D eigenvalue weighted by molar-refractivity contribution is 7.99. The second-order valence-corrected chi connectivity index (χ2v) is 5.31. The van der Waals surface area contributed by atoms with E-state index in [1.54, 1.807) is 16.3 Å². The number of unbranched alkanes of at least 4 members (excludes halogenated alkanes) is 2. The molecule has 0 amide bonds. The normalized spacial score (nSPS) is 11.2. The van der Waals surface area contributed by atoms with Crippen molar-refractivity contribution in [1.29, 1.82) is 0 Å². The zero-order chi connectivity index (χ0) is 12.0. The first-order chi connectivity index (χ1) is 7.66. The first-order valence-electron chi connectivity index (χ1n) is 5.52. The minimum atomic E-state index is -0.127. The number of nitrogens with zero attached hydrogens (tertiary/aromatic N) is 2. The summed E-state index contributed by atoms with van der Waals surface area (Å²) in [4.78, 5) is 11.4. The number of nitrogens with one attached hydrogen (secondary N) is 1. The summed E-state index contributed by atoms with van der Waals surface area (Å²) in [7, 11) is 0. The van der Waals surface area contributed by atoms with Crippen molar-refractivity contribution < 1.29 is 0 Å². The van der Waals surface area contributed by atoms with Gasteiger partial charge in [-0.3, -0.25) is 4.57 Å². The van der Waals surface area contributed by atoms with Crippen LogP contribution in [-0.4, -0.2) is 26.4 Å². The van der Waals surface area contributed by atoms with Crippen molar-refractivity contribution in [2.75, 3.05) is 11.6 Å². The second kappa shape index (κ2) is 7.01. The van der Waals surface area contributed by atoms with E-state index in [1.165, 1.54) is 0 Å². The van der Waals surface area contributed by atoms with E-state index in [0.29, 0.717) is 0 Å². The zero-order valence-corrected chi connectivity index (χ0v) is 11.3. The van der Waals surface area contributed by atoms with E-state index in [2.05, 4.69) is 10.2 Å². The highest BCUT2D eigenvalue weighted by Crippen LogP contribution is 2.18. The molecular weight excluding hydrogens is 246 g/mol. The van der Waals surface area contributed by atoms with Gasteiger partial charge in [0.25, 0.3) is 0 Å². The SMILES string of the molecule is CC(C)n1c(SCCCCCCl)n[nH]c1=O. The number of H-pyrrole nitrogens is 1. The highest BCUT2D eigenvalue weighted by Gasteiger charge is 2.10. The minimum Gasteiger partial charge on any atom is -0.268 e. The molecule has 0 saturated carbocycles. The summed E-state index contributed by atoms with van der Waals surface area (Å²) in [5.74, 6) is 1.71. The average molecular weight is 264 g/mol. The maximum Gasteiger partial charge on any atom is 0.344 e. The van der Waals surface area contributed by atoms with Crippen LogP contribution in [0.25, 0.3) is 0 Å². The van der Waals surface area contributed by atoms with Gasteiger partial charge in [0.1, 0.15) is 0 Å². The molecule has 0 spiro atoms. The molecule has 1 rings (SSSR count). The Hall–Kier alpha value is -0.420.